The van der Waals surface area contributed by atoms with Crippen molar-refractivity contribution < 1.29 is 9.47 Å². The highest BCUT2D eigenvalue weighted by Gasteiger charge is 2.32. The van der Waals surface area contributed by atoms with Crippen LogP contribution >= 0.6 is 0 Å². The summed E-state index contributed by atoms with van der Waals surface area (Å²) in [4.78, 5) is 0. The Morgan fingerprint density at radius 2 is 2.33 bits per heavy atom. The second kappa shape index (κ2) is 4.80. The predicted molar refractivity (Wildman–Crippen MR) is 48.1 cm³/mol. The second-order valence-electron chi connectivity index (χ2n) is 3.46. The normalized spacial score (nSPS) is 30.5. The van der Waals surface area contributed by atoms with E-state index in [9.17, 15) is 0 Å². The van der Waals surface area contributed by atoms with Gasteiger partial charge in [-0.2, -0.15) is 0 Å². The van der Waals surface area contributed by atoms with Crippen molar-refractivity contribution in [2.24, 2.45) is 5.73 Å². The maximum absolute atomic E-state index is 5.74. The first-order valence-electron chi connectivity index (χ1n) is 4.66. The van der Waals surface area contributed by atoms with Crippen LogP contribution in [-0.2, 0) is 9.47 Å². The summed E-state index contributed by atoms with van der Waals surface area (Å²) in [5.41, 5.74) is 5.47. The van der Waals surface area contributed by atoms with E-state index in [0.717, 1.165) is 19.4 Å². The van der Waals surface area contributed by atoms with E-state index in [1.807, 2.05) is 0 Å². The lowest BCUT2D eigenvalue weighted by molar-refractivity contribution is -0.118. The zero-order valence-corrected chi connectivity index (χ0v) is 7.84. The van der Waals surface area contributed by atoms with Crippen molar-refractivity contribution in [2.75, 3.05) is 26.9 Å². The van der Waals surface area contributed by atoms with Gasteiger partial charge in [-0.15, -0.1) is 0 Å². The molecule has 72 valence electrons. The number of nitrogens with two attached hydrogens (primary N) is 1. The molecule has 0 aromatic carbocycles. The van der Waals surface area contributed by atoms with Gasteiger partial charge in [0.15, 0.2) is 0 Å². The van der Waals surface area contributed by atoms with Crippen molar-refractivity contribution in [2.45, 2.75) is 31.3 Å². The molecule has 3 nitrogen and oxygen atoms in total. The fourth-order valence-corrected chi connectivity index (χ4v) is 1.82. The molecule has 0 aliphatic carbocycles. The van der Waals surface area contributed by atoms with E-state index < -0.39 is 0 Å². The van der Waals surface area contributed by atoms with E-state index in [0.29, 0.717) is 13.2 Å². The molecule has 12 heavy (non-hydrogen) atoms. The topological polar surface area (TPSA) is 44.5 Å². The van der Waals surface area contributed by atoms with Crippen LogP contribution in [0.2, 0.25) is 0 Å². The van der Waals surface area contributed by atoms with Crippen molar-refractivity contribution in [3.63, 3.8) is 0 Å². The van der Waals surface area contributed by atoms with Crippen LogP contribution in [0, 0.1) is 0 Å². The number of rotatable bonds is 4. The number of ether oxygens (including phenoxy) is 2. The van der Waals surface area contributed by atoms with Crippen LogP contribution in [0.25, 0.3) is 0 Å². The Balaban J connectivity index is 2.44. The predicted octanol–water partition coefficient (Wildman–Crippen LogP) is 0.921. The quantitative estimate of drug-likeness (QED) is 0.687. The smallest absolute Gasteiger partial charge is 0.0926 e. The summed E-state index contributed by atoms with van der Waals surface area (Å²) in [5, 5.41) is 0. The number of hydrogen-bond acceptors (Lipinski definition) is 3. The lowest BCUT2D eigenvalue weighted by Crippen LogP contribution is -2.42. The van der Waals surface area contributed by atoms with E-state index in [1.165, 1.54) is 12.8 Å². The molecule has 0 spiro atoms. The molecule has 2 N–H and O–H groups in total. The maximum Gasteiger partial charge on any atom is 0.0926 e. The Labute approximate surface area is 74.2 Å². The minimum Gasteiger partial charge on any atom is -0.382 e. The molecule has 0 aromatic heterocycles. The van der Waals surface area contributed by atoms with Gasteiger partial charge in [0.1, 0.15) is 0 Å². The van der Waals surface area contributed by atoms with Gasteiger partial charge in [-0.3, -0.25) is 0 Å². The molecular weight excluding hydrogens is 154 g/mol. The SMILES string of the molecule is COCC1(CCN)CCCCO1. The van der Waals surface area contributed by atoms with Crippen LogP contribution in [0.15, 0.2) is 0 Å². The average Bonchev–Trinajstić information content (AvgIpc) is 2.07. The van der Waals surface area contributed by atoms with Crippen LogP contribution in [-0.4, -0.2) is 32.5 Å². The molecule has 1 rings (SSSR count). The van der Waals surface area contributed by atoms with Crippen molar-refractivity contribution in [3.05, 3.63) is 0 Å². The summed E-state index contributed by atoms with van der Waals surface area (Å²) in [6.07, 6.45) is 4.43. The largest absolute Gasteiger partial charge is 0.382 e. The molecule has 1 saturated heterocycles. The minimum atomic E-state index is -0.0677. The van der Waals surface area contributed by atoms with E-state index in [-0.39, 0.29) is 5.60 Å². The maximum atomic E-state index is 5.74. The van der Waals surface area contributed by atoms with Crippen LogP contribution in [0.5, 0.6) is 0 Å². The van der Waals surface area contributed by atoms with Gasteiger partial charge in [-0.1, -0.05) is 0 Å². The second-order valence-corrected chi connectivity index (χ2v) is 3.46. The highest BCUT2D eigenvalue weighted by Crippen LogP contribution is 2.27. The lowest BCUT2D eigenvalue weighted by Gasteiger charge is -2.36. The van der Waals surface area contributed by atoms with Crippen LogP contribution in [0.3, 0.4) is 0 Å². The molecule has 0 bridgehead atoms. The van der Waals surface area contributed by atoms with E-state index in [1.54, 1.807) is 7.11 Å². The molecule has 1 aliphatic heterocycles. The first-order chi connectivity index (χ1) is 5.83. The van der Waals surface area contributed by atoms with Crippen LogP contribution in [0.4, 0.5) is 0 Å². The summed E-state index contributed by atoms with van der Waals surface area (Å²) in [5.74, 6) is 0. The standard InChI is InChI=1S/C9H19NO2/c1-11-8-9(5-6-10)4-2-3-7-12-9/h2-8,10H2,1H3. The molecule has 1 fully saturated rings. The third kappa shape index (κ3) is 2.44. The molecule has 1 unspecified atom stereocenters. The Morgan fingerprint density at radius 3 is 2.83 bits per heavy atom. The van der Waals surface area contributed by atoms with Gasteiger partial charge >= 0.3 is 0 Å². The van der Waals surface area contributed by atoms with Gasteiger partial charge in [0.05, 0.1) is 12.2 Å². The zero-order valence-electron chi connectivity index (χ0n) is 7.84. The Morgan fingerprint density at radius 1 is 1.50 bits per heavy atom. The molecule has 0 radical (unpaired) electrons. The molecule has 0 amide bonds. The van der Waals surface area contributed by atoms with Gasteiger partial charge in [-0.25, -0.2) is 0 Å². The molecule has 0 saturated carbocycles. The van der Waals surface area contributed by atoms with Crippen molar-refractivity contribution in [3.8, 4) is 0 Å². The van der Waals surface area contributed by atoms with E-state index in [4.69, 9.17) is 15.2 Å². The Bertz CT molecular complexity index is 106. The van der Waals surface area contributed by atoms with Gasteiger partial charge in [0, 0.05) is 13.7 Å². The van der Waals surface area contributed by atoms with Gasteiger partial charge < -0.3 is 15.2 Å². The third-order valence-corrected chi connectivity index (χ3v) is 2.44. The molecule has 0 aromatic rings. The van der Waals surface area contributed by atoms with Gasteiger partial charge in [0.2, 0.25) is 0 Å². The fraction of sp³-hybridized carbons (Fsp3) is 1.00. The first kappa shape index (κ1) is 9.96. The van der Waals surface area contributed by atoms with Crippen molar-refractivity contribution >= 4 is 0 Å². The zero-order chi connectivity index (χ0) is 8.86. The summed E-state index contributed by atoms with van der Waals surface area (Å²) in [7, 11) is 1.72. The monoisotopic (exact) mass is 173 g/mol. The highest BCUT2D eigenvalue weighted by molar-refractivity contribution is 4.83. The van der Waals surface area contributed by atoms with Crippen LogP contribution < -0.4 is 5.73 Å². The van der Waals surface area contributed by atoms with E-state index in [2.05, 4.69) is 0 Å². The van der Waals surface area contributed by atoms with Crippen molar-refractivity contribution in [1.29, 1.82) is 0 Å². The van der Waals surface area contributed by atoms with Crippen molar-refractivity contribution in [1.82, 2.24) is 0 Å². The molecule has 1 heterocycles. The summed E-state index contributed by atoms with van der Waals surface area (Å²) in [6.45, 7) is 2.23. The molecule has 3 heteroatoms. The van der Waals surface area contributed by atoms with Gasteiger partial charge in [0.25, 0.3) is 0 Å². The first-order valence-corrected chi connectivity index (χ1v) is 4.66. The third-order valence-electron chi connectivity index (χ3n) is 2.44. The van der Waals surface area contributed by atoms with Gasteiger partial charge in [-0.05, 0) is 32.2 Å². The van der Waals surface area contributed by atoms with E-state index >= 15 is 0 Å². The Kier molecular flexibility index (Phi) is 3.98. The Hall–Kier alpha value is -0.120. The summed E-state index contributed by atoms with van der Waals surface area (Å²) >= 11 is 0. The molecule has 1 atom stereocenters. The summed E-state index contributed by atoms with van der Waals surface area (Å²) in [6, 6.07) is 0. The fourth-order valence-electron chi connectivity index (χ4n) is 1.82. The average molecular weight is 173 g/mol. The number of hydrogen-bond donors (Lipinski definition) is 1. The lowest BCUT2D eigenvalue weighted by atomic mass is 9.91. The number of methoxy groups -OCH3 is 1. The minimum absolute atomic E-state index is 0.0677. The molecule has 1 aliphatic rings. The van der Waals surface area contributed by atoms with Crippen LogP contribution in [0.1, 0.15) is 25.7 Å². The summed E-state index contributed by atoms with van der Waals surface area (Å²) < 4.78 is 10.9. The molecular formula is C9H19NO2. The highest BCUT2D eigenvalue weighted by atomic mass is 16.5.